The van der Waals surface area contributed by atoms with Crippen molar-refractivity contribution in [3.63, 3.8) is 0 Å². The maximum Gasteiger partial charge on any atom is 0.127 e. The Morgan fingerprint density at radius 2 is 1.53 bits per heavy atom. The van der Waals surface area contributed by atoms with E-state index in [4.69, 9.17) is 0 Å². The summed E-state index contributed by atoms with van der Waals surface area (Å²) in [4.78, 5) is 0. The van der Waals surface area contributed by atoms with Crippen LogP contribution < -0.4 is 0 Å². The minimum absolute atomic E-state index is 0.00680. The van der Waals surface area contributed by atoms with Gasteiger partial charge in [0.05, 0.1) is 0 Å². The summed E-state index contributed by atoms with van der Waals surface area (Å²) in [5.41, 5.74) is 3.09. The molecular weight excluding hydrogens is 216 g/mol. The maximum atomic E-state index is 9.76. The standard InChI is InChI=1S/C14H14O3/c1-8-5-10(6-13(16)9(8)2)12-4-3-11(15)7-14(12)17/h3-7,15-17H,1-2H3. The molecule has 0 unspecified atom stereocenters. The fraction of sp³-hybridized carbons (Fsp3) is 0.143. The quantitative estimate of drug-likeness (QED) is 0.705. The number of rotatable bonds is 1. The van der Waals surface area contributed by atoms with Crippen molar-refractivity contribution < 1.29 is 15.3 Å². The van der Waals surface area contributed by atoms with Gasteiger partial charge >= 0.3 is 0 Å². The van der Waals surface area contributed by atoms with Crippen LogP contribution in [-0.2, 0) is 0 Å². The fourth-order valence-electron chi connectivity index (χ4n) is 1.76. The zero-order valence-electron chi connectivity index (χ0n) is 9.73. The Bertz CT molecular complexity index is 551. The van der Waals surface area contributed by atoms with E-state index in [-0.39, 0.29) is 17.2 Å². The van der Waals surface area contributed by atoms with Crippen LogP contribution in [0.5, 0.6) is 17.2 Å². The van der Waals surface area contributed by atoms with E-state index in [1.54, 1.807) is 12.1 Å². The Labute approximate surface area is 99.6 Å². The molecule has 0 fully saturated rings. The predicted molar refractivity (Wildman–Crippen MR) is 66.3 cm³/mol. The van der Waals surface area contributed by atoms with Crippen molar-refractivity contribution in [2.24, 2.45) is 0 Å². The number of phenols is 3. The Morgan fingerprint density at radius 3 is 2.12 bits per heavy atom. The highest BCUT2D eigenvalue weighted by Crippen LogP contribution is 2.35. The average molecular weight is 230 g/mol. The summed E-state index contributed by atoms with van der Waals surface area (Å²) in [6, 6.07) is 7.90. The predicted octanol–water partition coefficient (Wildman–Crippen LogP) is 3.09. The molecule has 17 heavy (non-hydrogen) atoms. The molecule has 0 saturated carbocycles. The van der Waals surface area contributed by atoms with Crippen LogP contribution in [0.4, 0.5) is 0 Å². The van der Waals surface area contributed by atoms with Crippen molar-refractivity contribution in [3.8, 4) is 28.4 Å². The summed E-state index contributed by atoms with van der Waals surface area (Å²) in [6.45, 7) is 3.74. The third-order valence-corrected chi connectivity index (χ3v) is 2.93. The Balaban J connectivity index is 2.61. The van der Waals surface area contributed by atoms with E-state index >= 15 is 0 Å². The largest absolute Gasteiger partial charge is 0.508 e. The molecule has 2 aromatic carbocycles. The van der Waals surface area contributed by atoms with Gasteiger partial charge < -0.3 is 15.3 Å². The number of hydrogen-bond acceptors (Lipinski definition) is 3. The summed E-state index contributed by atoms with van der Waals surface area (Å²) in [7, 11) is 0. The van der Waals surface area contributed by atoms with Crippen LogP contribution in [0.25, 0.3) is 11.1 Å². The molecule has 0 saturated heterocycles. The van der Waals surface area contributed by atoms with E-state index in [9.17, 15) is 15.3 Å². The molecule has 3 N–H and O–H groups in total. The molecule has 0 heterocycles. The van der Waals surface area contributed by atoms with Gasteiger partial charge in [-0.15, -0.1) is 0 Å². The van der Waals surface area contributed by atoms with E-state index in [0.29, 0.717) is 5.56 Å². The van der Waals surface area contributed by atoms with E-state index in [0.717, 1.165) is 16.7 Å². The average Bonchev–Trinajstić information content (AvgIpc) is 2.25. The van der Waals surface area contributed by atoms with Gasteiger partial charge in [0, 0.05) is 11.6 Å². The van der Waals surface area contributed by atoms with Crippen LogP contribution in [0.1, 0.15) is 11.1 Å². The van der Waals surface area contributed by atoms with Crippen LogP contribution in [0.2, 0.25) is 0 Å². The molecule has 2 rings (SSSR count). The third-order valence-electron chi connectivity index (χ3n) is 2.93. The van der Waals surface area contributed by atoms with Crippen LogP contribution in [0, 0.1) is 13.8 Å². The second-order valence-corrected chi connectivity index (χ2v) is 4.14. The zero-order chi connectivity index (χ0) is 12.6. The minimum Gasteiger partial charge on any atom is -0.508 e. The lowest BCUT2D eigenvalue weighted by molar-refractivity contribution is 0.452. The van der Waals surface area contributed by atoms with Crippen molar-refractivity contribution in [1.29, 1.82) is 0 Å². The summed E-state index contributed by atoms with van der Waals surface area (Å²) >= 11 is 0. The Morgan fingerprint density at radius 1 is 0.824 bits per heavy atom. The number of benzene rings is 2. The topological polar surface area (TPSA) is 60.7 Å². The van der Waals surface area contributed by atoms with Crippen molar-refractivity contribution in [2.45, 2.75) is 13.8 Å². The molecular formula is C14H14O3. The molecule has 0 aliphatic heterocycles. The van der Waals surface area contributed by atoms with Crippen LogP contribution >= 0.6 is 0 Å². The smallest absolute Gasteiger partial charge is 0.127 e. The van der Waals surface area contributed by atoms with Crippen LogP contribution in [0.15, 0.2) is 30.3 Å². The molecule has 0 atom stereocenters. The number of aromatic hydroxyl groups is 3. The number of aryl methyl sites for hydroxylation is 1. The molecule has 0 amide bonds. The second-order valence-electron chi connectivity index (χ2n) is 4.14. The first-order valence-corrected chi connectivity index (χ1v) is 5.31. The number of hydrogen-bond donors (Lipinski definition) is 3. The maximum absolute atomic E-state index is 9.76. The van der Waals surface area contributed by atoms with E-state index < -0.39 is 0 Å². The molecule has 0 aliphatic carbocycles. The van der Waals surface area contributed by atoms with Crippen molar-refractivity contribution in [3.05, 3.63) is 41.5 Å². The fourth-order valence-corrected chi connectivity index (χ4v) is 1.76. The first-order chi connectivity index (χ1) is 7.99. The molecule has 0 aliphatic rings. The van der Waals surface area contributed by atoms with Gasteiger partial charge in [-0.05, 0) is 48.7 Å². The van der Waals surface area contributed by atoms with Gasteiger partial charge in [0.15, 0.2) is 0 Å². The SMILES string of the molecule is Cc1cc(-c2ccc(O)cc2O)cc(O)c1C. The van der Waals surface area contributed by atoms with Crippen molar-refractivity contribution >= 4 is 0 Å². The first-order valence-electron chi connectivity index (χ1n) is 5.31. The van der Waals surface area contributed by atoms with Crippen LogP contribution in [0.3, 0.4) is 0 Å². The highest BCUT2D eigenvalue weighted by molar-refractivity contribution is 5.73. The van der Waals surface area contributed by atoms with Gasteiger partial charge in [-0.2, -0.15) is 0 Å². The summed E-state index contributed by atoms with van der Waals surface area (Å²) < 4.78 is 0. The molecule has 3 nitrogen and oxygen atoms in total. The summed E-state index contributed by atoms with van der Waals surface area (Å²) in [5, 5.41) is 28.7. The lowest BCUT2D eigenvalue weighted by Crippen LogP contribution is -1.86. The van der Waals surface area contributed by atoms with E-state index in [1.807, 2.05) is 19.9 Å². The Kier molecular flexibility index (Phi) is 2.68. The normalized spacial score (nSPS) is 10.5. The van der Waals surface area contributed by atoms with Crippen LogP contribution in [-0.4, -0.2) is 15.3 Å². The van der Waals surface area contributed by atoms with Gasteiger partial charge in [-0.3, -0.25) is 0 Å². The van der Waals surface area contributed by atoms with E-state index in [1.165, 1.54) is 12.1 Å². The third kappa shape index (κ3) is 2.04. The molecule has 0 radical (unpaired) electrons. The highest BCUT2D eigenvalue weighted by Gasteiger charge is 2.09. The van der Waals surface area contributed by atoms with Gasteiger partial charge in [0.2, 0.25) is 0 Å². The molecule has 0 aromatic heterocycles. The van der Waals surface area contributed by atoms with Gasteiger partial charge in [0.25, 0.3) is 0 Å². The van der Waals surface area contributed by atoms with E-state index in [2.05, 4.69) is 0 Å². The molecule has 0 bridgehead atoms. The molecule has 3 heteroatoms. The first kappa shape index (κ1) is 11.3. The Hall–Kier alpha value is -2.16. The number of phenolic OH excluding ortho intramolecular Hbond substituents is 3. The lowest BCUT2D eigenvalue weighted by atomic mass is 9.99. The molecule has 2 aromatic rings. The zero-order valence-corrected chi connectivity index (χ0v) is 9.73. The molecule has 88 valence electrons. The molecule has 0 spiro atoms. The van der Waals surface area contributed by atoms with Crippen molar-refractivity contribution in [1.82, 2.24) is 0 Å². The summed E-state index contributed by atoms with van der Waals surface area (Å²) in [6.07, 6.45) is 0. The van der Waals surface area contributed by atoms with Gasteiger partial charge in [0.1, 0.15) is 17.2 Å². The highest BCUT2D eigenvalue weighted by atomic mass is 16.3. The second kappa shape index (κ2) is 4.01. The van der Waals surface area contributed by atoms with Gasteiger partial charge in [-0.25, -0.2) is 0 Å². The van der Waals surface area contributed by atoms with Crippen molar-refractivity contribution in [2.75, 3.05) is 0 Å². The monoisotopic (exact) mass is 230 g/mol. The summed E-state index contributed by atoms with van der Waals surface area (Å²) in [5.74, 6) is 0.208. The lowest BCUT2D eigenvalue weighted by Gasteiger charge is -2.09. The minimum atomic E-state index is -0.00680. The van der Waals surface area contributed by atoms with Gasteiger partial charge in [-0.1, -0.05) is 6.07 Å².